The average Bonchev–Trinajstić information content (AvgIpc) is 3.11. The summed E-state index contributed by atoms with van der Waals surface area (Å²) in [6.45, 7) is 0. The summed E-state index contributed by atoms with van der Waals surface area (Å²) in [6.07, 6.45) is 1.74. The van der Waals surface area contributed by atoms with E-state index in [0.29, 0.717) is 11.5 Å². The Bertz CT molecular complexity index is 692. The predicted octanol–water partition coefficient (Wildman–Crippen LogP) is 3.72. The lowest BCUT2D eigenvalue weighted by Gasteiger charge is -1.97. The van der Waals surface area contributed by atoms with Crippen molar-refractivity contribution < 1.29 is 4.21 Å². The highest BCUT2D eigenvalue weighted by Crippen LogP contribution is 2.24. The first-order valence-electron chi connectivity index (χ1n) is 6.04. The maximum Gasteiger partial charge on any atom is 0.123 e. The fourth-order valence-corrected chi connectivity index (χ4v) is 4.69. The van der Waals surface area contributed by atoms with Gasteiger partial charge in [-0.15, -0.1) is 22.7 Å². The highest BCUT2D eigenvalue weighted by Gasteiger charge is 2.09. The first-order valence-corrected chi connectivity index (χ1v) is 9.29. The van der Waals surface area contributed by atoms with Crippen LogP contribution in [-0.4, -0.2) is 14.2 Å². The molecule has 102 valence electrons. The fourth-order valence-electron chi connectivity index (χ4n) is 1.76. The van der Waals surface area contributed by atoms with E-state index >= 15 is 0 Å². The Balaban J connectivity index is 1.67. The van der Waals surface area contributed by atoms with Crippen LogP contribution in [0.25, 0.3) is 10.6 Å². The van der Waals surface area contributed by atoms with Crippen LogP contribution < -0.4 is 0 Å². The van der Waals surface area contributed by atoms with Gasteiger partial charge in [-0.2, -0.15) is 0 Å². The van der Waals surface area contributed by atoms with E-state index in [2.05, 4.69) is 9.97 Å². The van der Waals surface area contributed by atoms with Crippen LogP contribution in [0, 0.1) is 0 Å². The largest absolute Gasteiger partial charge is 0.259 e. The molecular weight excluding hydrogens is 308 g/mol. The number of nitrogens with zero attached hydrogens (tertiary/aromatic N) is 2. The normalized spacial score (nSPS) is 12.4. The van der Waals surface area contributed by atoms with E-state index in [1.165, 1.54) is 0 Å². The number of benzene rings is 1. The van der Waals surface area contributed by atoms with Gasteiger partial charge >= 0.3 is 0 Å². The molecular formula is C14H12N2OS3. The van der Waals surface area contributed by atoms with Crippen molar-refractivity contribution in [2.24, 2.45) is 0 Å². The van der Waals surface area contributed by atoms with Gasteiger partial charge in [0.2, 0.25) is 0 Å². The number of aromatic nitrogens is 2. The maximum atomic E-state index is 12.1. The minimum absolute atomic E-state index is 0.489. The molecule has 0 N–H and O–H groups in total. The van der Waals surface area contributed by atoms with Crippen molar-refractivity contribution in [1.82, 2.24) is 9.97 Å². The summed E-state index contributed by atoms with van der Waals surface area (Å²) in [6, 6.07) is 10.1. The monoisotopic (exact) mass is 320 g/mol. The molecule has 0 spiro atoms. The van der Waals surface area contributed by atoms with Crippen LogP contribution in [0.5, 0.6) is 0 Å². The molecule has 0 saturated heterocycles. The van der Waals surface area contributed by atoms with E-state index in [4.69, 9.17) is 0 Å². The van der Waals surface area contributed by atoms with Crippen molar-refractivity contribution >= 4 is 33.5 Å². The van der Waals surface area contributed by atoms with Crippen LogP contribution in [0.1, 0.15) is 10.7 Å². The third-order valence-electron chi connectivity index (χ3n) is 2.65. The Morgan fingerprint density at radius 3 is 2.70 bits per heavy atom. The van der Waals surface area contributed by atoms with Gasteiger partial charge in [0, 0.05) is 33.3 Å². The number of rotatable bonds is 5. The Hall–Kier alpha value is -1.37. The minimum atomic E-state index is -0.951. The van der Waals surface area contributed by atoms with Gasteiger partial charge in [-0.3, -0.25) is 4.21 Å². The zero-order chi connectivity index (χ0) is 13.8. The molecule has 0 aliphatic rings. The first kappa shape index (κ1) is 13.6. The van der Waals surface area contributed by atoms with Crippen LogP contribution in [0.3, 0.4) is 0 Å². The van der Waals surface area contributed by atoms with Crippen LogP contribution in [0.2, 0.25) is 0 Å². The quantitative estimate of drug-likeness (QED) is 0.719. The van der Waals surface area contributed by atoms with E-state index in [-0.39, 0.29) is 0 Å². The zero-order valence-corrected chi connectivity index (χ0v) is 13.0. The van der Waals surface area contributed by atoms with Crippen molar-refractivity contribution in [3.05, 3.63) is 58.0 Å². The van der Waals surface area contributed by atoms with Crippen LogP contribution in [0.4, 0.5) is 0 Å². The third-order valence-corrected chi connectivity index (χ3v) is 5.76. The number of hydrogen-bond donors (Lipinski definition) is 0. The summed E-state index contributed by atoms with van der Waals surface area (Å²) in [7, 11) is -0.951. The average molecular weight is 320 g/mol. The van der Waals surface area contributed by atoms with Gasteiger partial charge < -0.3 is 0 Å². The van der Waals surface area contributed by atoms with Gasteiger partial charge in [-0.1, -0.05) is 30.3 Å². The minimum Gasteiger partial charge on any atom is -0.259 e. The van der Waals surface area contributed by atoms with Gasteiger partial charge in [0.25, 0.3) is 0 Å². The summed E-state index contributed by atoms with van der Waals surface area (Å²) in [5.74, 6) is 0.999. The molecule has 0 fully saturated rings. The number of hydrogen-bond acceptors (Lipinski definition) is 5. The summed E-state index contributed by atoms with van der Waals surface area (Å²) in [5, 5.41) is 5.79. The second kappa shape index (κ2) is 6.39. The van der Waals surface area contributed by atoms with Gasteiger partial charge in [0.1, 0.15) is 10.0 Å². The summed E-state index contributed by atoms with van der Waals surface area (Å²) in [4.78, 5) is 8.72. The lowest BCUT2D eigenvalue weighted by atomic mass is 10.2. The summed E-state index contributed by atoms with van der Waals surface area (Å²) < 4.78 is 12.1. The molecule has 0 aliphatic carbocycles. The van der Waals surface area contributed by atoms with Crippen molar-refractivity contribution in [2.75, 3.05) is 0 Å². The number of thiazole rings is 2. The van der Waals surface area contributed by atoms with Gasteiger partial charge in [0.15, 0.2) is 0 Å². The summed E-state index contributed by atoms with van der Waals surface area (Å²) in [5.41, 5.74) is 2.00. The molecule has 0 saturated carbocycles. The van der Waals surface area contributed by atoms with Gasteiger partial charge in [0.05, 0.1) is 17.2 Å². The zero-order valence-electron chi connectivity index (χ0n) is 10.6. The SMILES string of the molecule is O=S(Cc1csc(-c2ccccc2)n1)Cc1nccs1. The molecule has 2 heterocycles. The van der Waals surface area contributed by atoms with E-state index in [9.17, 15) is 4.21 Å². The van der Waals surface area contributed by atoms with Crippen molar-refractivity contribution in [2.45, 2.75) is 11.5 Å². The van der Waals surface area contributed by atoms with Gasteiger partial charge in [-0.05, 0) is 0 Å². The van der Waals surface area contributed by atoms with E-state index in [1.807, 2.05) is 41.1 Å². The van der Waals surface area contributed by atoms with E-state index in [1.54, 1.807) is 28.9 Å². The molecule has 2 aromatic heterocycles. The lowest BCUT2D eigenvalue weighted by molar-refractivity contribution is 0.681. The maximum absolute atomic E-state index is 12.1. The van der Waals surface area contributed by atoms with Crippen molar-refractivity contribution in [1.29, 1.82) is 0 Å². The van der Waals surface area contributed by atoms with Crippen LogP contribution in [-0.2, 0) is 22.3 Å². The topological polar surface area (TPSA) is 42.9 Å². The van der Waals surface area contributed by atoms with E-state index < -0.39 is 10.8 Å². The molecule has 1 unspecified atom stereocenters. The van der Waals surface area contributed by atoms with Crippen molar-refractivity contribution in [3.8, 4) is 10.6 Å². The fraction of sp³-hybridized carbons (Fsp3) is 0.143. The molecule has 1 atom stereocenters. The molecule has 3 nitrogen and oxygen atoms in total. The molecule has 3 rings (SSSR count). The first-order chi connectivity index (χ1) is 9.81. The van der Waals surface area contributed by atoms with E-state index in [0.717, 1.165) is 21.3 Å². The Morgan fingerprint density at radius 2 is 1.95 bits per heavy atom. The predicted molar refractivity (Wildman–Crippen MR) is 85.2 cm³/mol. The Morgan fingerprint density at radius 1 is 1.10 bits per heavy atom. The molecule has 0 amide bonds. The smallest absolute Gasteiger partial charge is 0.123 e. The highest BCUT2D eigenvalue weighted by molar-refractivity contribution is 7.83. The molecule has 1 aromatic carbocycles. The lowest BCUT2D eigenvalue weighted by Crippen LogP contribution is -1.99. The Kier molecular flexibility index (Phi) is 4.34. The summed E-state index contributed by atoms with van der Waals surface area (Å²) >= 11 is 3.14. The Labute approximate surface area is 127 Å². The molecule has 6 heteroatoms. The standard InChI is InChI=1S/C14H12N2OS3/c17-20(10-13-15-6-7-18-13)9-12-8-19-14(16-12)11-4-2-1-3-5-11/h1-8H,9-10H2. The molecule has 0 bridgehead atoms. The second-order valence-electron chi connectivity index (χ2n) is 4.16. The molecule has 20 heavy (non-hydrogen) atoms. The molecule has 0 radical (unpaired) electrons. The highest BCUT2D eigenvalue weighted by atomic mass is 32.2. The van der Waals surface area contributed by atoms with Crippen molar-refractivity contribution in [3.63, 3.8) is 0 Å². The van der Waals surface area contributed by atoms with Gasteiger partial charge in [-0.25, -0.2) is 9.97 Å². The molecule has 0 aliphatic heterocycles. The third kappa shape index (κ3) is 3.39. The second-order valence-corrected chi connectivity index (χ2v) is 7.46. The van der Waals surface area contributed by atoms with Crippen LogP contribution >= 0.6 is 22.7 Å². The molecule has 3 aromatic rings. The van der Waals surface area contributed by atoms with Crippen LogP contribution in [0.15, 0.2) is 47.3 Å².